The maximum atomic E-state index is 12.4. The van der Waals surface area contributed by atoms with Crippen LogP contribution < -0.4 is 5.32 Å². The molecule has 3 aromatic carbocycles. The van der Waals surface area contributed by atoms with Crippen molar-refractivity contribution in [3.05, 3.63) is 90.1 Å². The van der Waals surface area contributed by atoms with Crippen LogP contribution in [0.1, 0.15) is 22.8 Å². The number of anilines is 1. The van der Waals surface area contributed by atoms with Crippen LogP contribution in [0.5, 0.6) is 0 Å². The van der Waals surface area contributed by atoms with Gasteiger partial charge in [0.05, 0.1) is 0 Å². The summed E-state index contributed by atoms with van der Waals surface area (Å²) in [5.41, 5.74) is 3.00. The van der Waals surface area contributed by atoms with Crippen LogP contribution >= 0.6 is 0 Å². The number of rotatable bonds is 5. The van der Waals surface area contributed by atoms with Gasteiger partial charge in [0.25, 0.3) is 0 Å². The standard InChI is InChI=1S/C21H19NO/c1-2-16-10-12-18(13-11-16)22-15-14-21(23)20-9-5-7-17-6-3-4-8-19(17)20/h3-15,22H,2H2,1H3/b15-14+. The molecule has 3 rings (SSSR count). The average Bonchev–Trinajstić information content (AvgIpc) is 2.61. The van der Waals surface area contributed by atoms with Crippen LogP contribution in [-0.4, -0.2) is 5.78 Å². The number of nitrogens with one attached hydrogen (secondary N) is 1. The largest absolute Gasteiger partial charge is 0.362 e. The van der Waals surface area contributed by atoms with E-state index in [1.165, 1.54) is 5.56 Å². The lowest BCUT2D eigenvalue weighted by atomic mass is 10.0. The maximum Gasteiger partial charge on any atom is 0.187 e. The van der Waals surface area contributed by atoms with E-state index < -0.39 is 0 Å². The lowest BCUT2D eigenvalue weighted by Crippen LogP contribution is -1.97. The molecule has 0 saturated carbocycles. The Balaban J connectivity index is 1.75. The topological polar surface area (TPSA) is 29.1 Å². The molecule has 0 unspecified atom stereocenters. The zero-order valence-corrected chi connectivity index (χ0v) is 13.1. The fraction of sp³-hybridized carbons (Fsp3) is 0.0952. The molecule has 1 N–H and O–H groups in total. The number of aryl methyl sites for hydroxylation is 1. The van der Waals surface area contributed by atoms with E-state index in [1.807, 2.05) is 54.6 Å². The SMILES string of the molecule is CCc1ccc(N/C=C/C(=O)c2cccc3ccccc23)cc1. The third-order valence-electron chi connectivity index (χ3n) is 3.90. The minimum Gasteiger partial charge on any atom is -0.362 e. The van der Waals surface area contributed by atoms with Gasteiger partial charge in [-0.3, -0.25) is 4.79 Å². The van der Waals surface area contributed by atoms with Gasteiger partial charge in [-0.2, -0.15) is 0 Å². The number of carbonyl (C=O) groups is 1. The van der Waals surface area contributed by atoms with Gasteiger partial charge in [-0.15, -0.1) is 0 Å². The first-order chi connectivity index (χ1) is 11.3. The number of hydrogen-bond donors (Lipinski definition) is 1. The first-order valence-corrected chi connectivity index (χ1v) is 7.82. The molecule has 3 aromatic rings. The Morgan fingerprint density at radius 1 is 0.957 bits per heavy atom. The second kappa shape index (κ2) is 6.93. The third-order valence-corrected chi connectivity index (χ3v) is 3.90. The van der Waals surface area contributed by atoms with Crippen molar-refractivity contribution < 1.29 is 4.79 Å². The fourth-order valence-corrected chi connectivity index (χ4v) is 2.58. The number of benzene rings is 3. The van der Waals surface area contributed by atoms with Crippen molar-refractivity contribution in [2.45, 2.75) is 13.3 Å². The molecule has 0 spiro atoms. The van der Waals surface area contributed by atoms with Gasteiger partial charge in [0.15, 0.2) is 5.78 Å². The van der Waals surface area contributed by atoms with Gasteiger partial charge in [0, 0.05) is 23.5 Å². The highest BCUT2D eigenvalue weighted by Crippen LogP contribution is 2.19. The first kappa shape index (κ1) is 15.0. The van der Waals surface area contributed by atoms with Crippen molar-refractivity contribution in [1.82, 2.24) is 0 Å². The molecule has 0 aliphatic heterocycles. The molecule has 0 aliphatic carbocycles. The maximum absolute atomic E-state index is 12.4. The van der Waals surface area contributed by atoms with Crippen molar-refractivity contribution >= 4 is 22.2 Å². The molecule has 23 heavy (non-hydrogen) atoms. The van der Waals surface area contributed by atoms with Crippen LogP contribution in [0.4, 0.5) is 5.69 Å². The molecule has 0 atom stereocenters. The van der Waals surface area contributed by atoms with Crippen molar-refractivity contribution in [3.8, 4) is 0 Å². The number of allylic oxidation sites excluding steroid dienone is 1. The normalized spacial score (nSPS) is 11.0. The van der Waals surface area contributed by atoms with Gasteiger partial charge in [0.2, 0.25) is 0 Å². The molecule has 0 amide bonds. The van der Waals surface area contributed by atoms with Crippen LogP contribution in [0.2, 0.25) is 0 Å². The number of carbonyl (C=O) groups excluding carboxylic acids is 1. The van der Waals surface area contributed by atoms with Crippen LogP contribution in [0.3, 0.4) is 0 Å². The fourth-order valence-electron chi connectivity index (χ4n) is 2.58. The molecule has 0 saturated heterocycles. The summed E-state index contributed by atoms with van der Waals surface area (Å²) in [5, 5.41) is 5.21. The van der Waals surface area contributed by atoms with E-state index in [-0.39, 0.29) is 5.78 Å². The van der Waals surface area contributed by atoms with Crippen molar-refractivity contribution in [1.29, 1.82) is 0 Å². The number of hydrogen-bond acceptors (Lipinski definition) is 2. The molecule has 2 nitrogen and oxygen atoms in total. The minimum atomic E-state index is -0.000483. The molecule has 2 heteroatoms. The predicted octanol–water partition coefficient (Wildman–Crippen LogP) is 5.21. The quantitative estimate of drug-likeness (QED) is 0.517. The van der Waals surface area contributed by atoms with Crippen molar-refractivity contribution in [2.24, 2.45) is 0 Å². The summed E-state index contributed by atoms with van der Waals surface area (Å²) in [6.07, 6.45) is 4.30. The Morgan fingerprint density at radius 3 is 2.48 bits per heavy atom. The van der Waals surface area contributed by atoms with Gasteiger partial charge in [-0.1, -0.05) is 61.5 Å². The molecule has 114 valence electrons. The lowest BCUT2D eigenvalue weighted by molar-refractivity contribution is 0.104. The van der Waals surface area contributed by atoms with Crippen LogP contribution in [-0.2, 0) is 6.42 Å². The van der Waals surface area contributed by atoms with E-state index in [0.717, 1.165) is 28.4 Å². The zero-order chi connectivity index (χ0) is 16.1. The van der Waals surface area contributed by atoms with Crippen LogP contribution in [0.15, 0.2) is 79.0 Å². The van der Waals surface area contributed by atoms with E-state index in [9.17, 15) is 4.79 Å². The highest BCUT2D eigenvalue weighted by Gasteiger charge is 2.06. The van der Waals surface area contributed by atoms with Crippen molar-refractivity contribution in [2.75, 3.05) is 5.32 Å². The second-order valence-electron chi connectivity index (χ2n) is 5.42. The lowest BCUT2D eigenvalue weighted by Gasteiger charge is -2.04. The van der Waals surface area contributed by atoms with Gasteiger partial charge in [-0.25, -0.2) is 0 Å². The van der Waals surface area contributed by atoms with Gasteiger partial charge < -0.3 is 5.32 Å². The highest BCUT2D eigenvalue weighted by atomic mass is 16.1. The number of fused-ring (bicyclic) bond motifs is 1. The summed E-state index contributed by atoms with van der Waals surface area (Å²) in [6.45, 7) is 2.13. The van der Waals surface area contributed by atoms with E-state index in [4.69, 9.17) is 0 Å². The van der Waals surface area contributed by atoms with E-state index >= 15 is 0 Å². The third kappa shape index (κ3) is 3.49. The summed E-state index contributed by atoms with van der Waals surface area (Å²) >= 11 is 0. The minimum absolute atomic E-state index is 0.000483. The predicted molar refractivity (Wildman–Crippen MR) is 96.9 cm³/mol. The Hall–Kier alpha value is -2.87. The summed E-state index contributed by atoms with van der Waals surface area (Å²) in [5.74, 6) is -0.000483. The summed E-state index contributed by atoms with van der Waals surface area (Å²) in [7, 11) is 0. The summed E-state index contributed by atoms with van der Waals surface area (Å²) < 4.78 is 0. The van der Waals surface area contributed by atoms with E-state index in [1.54, 1.807) is 12.3 Å². The molecule has 0 radical (unpaired) electrons. The van der Waals surface area contributed by atoms with E-state index in [0.29, 0.717) is 0 Å². The van der Waals surface area contributed by atoms with Crippen LogP contribution in [0, 0.1) is 0 Å². The molecular formula is C21H19NO. The highest BCUT2D eigenvalue weighted by molar-refractivity contribution is 6.13. The smallest absolute Gasteiger partial charge is 0.187 e. The average molecular weight is 301 g/mol. The molecule has 0 bridgehead atoms. The van der Waals surface area contributed by atoms with E-state index in [2.05, 4.69) is 24.4 Å². The molecule has 0 aliphatic rings. The Morgan fingerprint density at radius 2 is 1.70 bits per heavy atom. The molecular weight excluding hydrogens is 282 g/mol. The van der Waals surface area contributed by atoms with Gasteiger partial charge in [0.1, 0.15) is 0 Å². The van der Waals surface area contributed by atoms with Crippen LogP contribution in [0.25, 0.3) is 10.8 Å². The monoisotopic (exact) mass is 301 g/mol. The van der Waals surface area contributed by atoms with Crippen molar-refractivity contribution in [3.63, 3.8) is 0 Å². The summed E-state index contributed by atoms with van der Waals surface area (Å²) in [4.78, 5) is 12.4. The second-order valence-corrected chi connectivity index (χ2v) is 5.42. The van der Waals surface area contributed by atoms with Gasteiger partial charge >= 0.3 is 0 Å². The molecule has 0 fully saturated rings. The van der Waals surface area contributed by atoms with Gasteiger partial charge in [-0.05, 0) is 34.9 Å². The molecule has 0 heterocycles. The zero-order valence-electron chi connectivity index (χ0n) is 13.1. The summed E-state index contributed by atoms with van der Waals surface area (Å²) in [6, 6.07) is 21.9. The Labute approximate surface area is 136 Å². The Bertz CT molecular complexity index is 842. The molecule has 0 aromatic heterocycles. The number of ketones is 1. The Kier molecular flexibility index (Phi) is 4.53. The first-order valence-electron chi connectivity index (χ1n) is 7.82.